The molecule has 0 saturated heterocycles. The van der Waals surface area contributed by atoms with Crippen molar-refractivity contribution in [2.24, 2.45) is 11.7 Å². The Balaban J connectivity index is 1.88. The molecule has 0 spiro atoms. The van der Waals surface area contributed by atoms with Crippen LogP contribution in [0.5, 0.6) is 0 Å². The van der Waals surface area contributed by atoms with Gasteiger partial charge >= 0.3 is 5.97 Å². The van der Waals surface area contributed by atoms with E-state index in [0.29, 0.717) is 6.61 Å². The van der Waals surface area contributed by atoms with Gasteiger partial charge in [0, 0.05) is 10.5 Å². The fourth-order valence-electron chi connectivity index (χ4n) is 2.17. The lowest BCUT2D eigenvalue weighted by Gasteiger charge is -2.14. The number of carbonyl (C=O) groups is 1. The average Bonchev–Trinajstić information content (AvgIpc) is 2.72. The summed E-state index contributed by atoms with van der Waals surface area (Å²) in [5, 5.41) is 0. The maximum Gasteiger partial charge on any atom is 0.310 e. The molecule has 0 amide bonds. The van der Waals surface area contributed by atoms with Crippen molar-refractivity contribution in [3.63, 3.8) is 0 Å². The molecule has 4 heteroatoms. The van der Waals surface area contributed by atoms with Gasteiger partial charge in [-0.2, -0.15) is 0 Å². The summed E-state index contributed by atoms with van der Waals surface area (Å²) in [5.41, 5.74) is 6.85. The maximum absolute atomic E-state index is 11.8. The molecule has 0 aromatic heterocycles. The lowest BCUT2D eigenvalue weighted by molar-refractivity contribution is -0.150. The van der Waals surface area contributed by atoms with E-state index in [0.717, 1.165) is 29.3 Å². The van der Waals surface area contributed by atoms with Crippen molar-refractivity contribution in [1.29, 1.82) is 0 Å². The smallest absolute Gasteiger partial charge is 0.310 e. The number of carbonyl (C=O) groups excluding carboxylic acids is 1. The van der Waals surface area contributed by atoms with Gasteiger partial charge in [0.1, 0.15) is 6.61 Å². The van der Waals surface area contributed by atoms with Gasteiger partial charge in [-0.15, -0.1) is 0 Å². The van der Waals surface area contributed by atoms with Crippen molar-refractivity contribution >= 4 is 21.9 Å². The monoisotopic (exact) mass is 297 g/mol. The number of nitrogens with two attached hydrogens (primary N) is 1. The predicted molar refractivity (Wildman–Crippen MR) is 69.3 cm³/mol. The van der Waals surface area contributed by atoms with Crippen molar-refractivity contribution in [1.82, 2.24) is 0 Å². The molecule has 2 unspecified atom stereocenters. The van der Waals surface area contributed by atoms with Crippen LogP contribution in [0.2, 0.25) is 0 Å². The molecule has 1 fully saturated rings. The summed E-state index contributed by atoms with van der Waals surface area (Å²) in [5.74, 6) is -0.267. The zero-order valence-corrected chi connectivity index (χ0v) is 11.2. The molecule has 2 rings (SSSR count). The molecule has 3 nitrogen and oxygen atoms in total. The van der Waals surface area contributed by atoms with E-state index in [-0.39, 0.29) is 17.9 Å². The van der Waals surface area contributed by atoms with Gasteiger partial charge in [0.15, 0.2) is 0 Å². The molecule has 1 aromatic rings. The van der Waals surface area contributed by atoms with E-state index in [1.54, 1.807) is 0 Å². The quantitative estimate of drug-likeness (QED) is 0.873. The summed E-state index contributed by atoms with van der Waals surface area (Å²) in [7, 11) is 0. The summed E-state index contributed by atoms with van der Waals surface area (Å²) in [6.07, 6.45) is 2.81. The first-order chi connectivity index (χ1) is 8.16. The molecule has 0 radical (unpaired) electrons. The largest absolute Gasteiger partial charge is 0.461 e. The Kier molecular flexibility index (Phi) is 4.18. The van der Waals surface area contributed by atoms with E-state index in [2.05, 4.69) is 15.9 Å². The van der Waals surface area contributed by atoms with Crippen molar-refractivity contribution in [2.45, 2.75) is 31.9 Å². The summed E-state index contributed by atoms with van der Waals surface area (Å²) in [6, 6.07) is 7.73. The number of esters is 1. The van der Waals surface area contributed by atoms with Gasteiger partial charge < -0.3 is 10.5 Å². The number of hydrogen-bond acceptors (Lipinski definition) is 3. The van der Waals surface area contributed by atoms with Gasteiger partial charge in [0.2, 0.25) is 0 Å². The first-order valence-corrected chi connectivity index (χ1v) is 6.63. The number of halogens is 1. The van der Waals surface area contributed by atoms with Gasteiger partial charge in [0.05, 0.1) is 5.92 Å². The topological polar surface area (TPSA) is 52.3 Å². The fourth-order valence-corrected chi connectivity index (χ4v) is 2.62. The second kappa shape index (κ2) is 5.65. The standard InChI is InChI=1S/C13H16BrNO2/c14-10-4-1-3-9(7-10)8-17-13(16)11-5-2-6-12(11)15/h1,3-4,7,11-12H,2,5-6,8,15H2. The Morgan fingerprint density at radius 1 is 1.47 bits per heavy atom. The minimum atomic E-state index is -0.157. The third kappa shape index (κ3) is 3.30. The predicted octanol–water partition coefficient (Wildman–Crippen LogP) is 2.62. The van der Waals surface area contributed by atoms with Gasteiger partial charge in [-0.05, 0) is 30.5 Å². The van der Waals surface area contributed by atoms with Gasteiger partial charge in [-0.1, -0.05) is 34.5 Å². The van der Waals surface area contributed by atoms with Crippen LogP contribution in [0, 0.1) is 5.92 Å². The number of rotatable bonds is 3. The molecular weight excluding hydrogens is 282 g/mol. The molecule has 0 heterocycles. The Hall–Kier alpha value is -0.870. The second-order valence-electron chi connectivity index (χ2n) is 4.44. The first-order valence-electron chi connectivity index (χ1n) is 5.83. The summed E-state index contributed by atoms with van der Waals surface area (Å²) in [4.78, 5) is 11.8. The normalized spacial score (nSPS) is 23.6. The summed E-state index contributed by atoms with van der Waals surface area (Å²) in [6.45, 7) is 0.321. The first kappa shape index (κ1) is 12.6. The van der Waals surface area contributed by atoms with Crippen LogP contribution in [0.15, 0.2) is 28.7 Å². The summed E-state index contributed by atoms with van der Waals surface area (Å²) >= 11 is 3.38. The molecule has 92 valence electrons. The van der Waals surface area contributed by atoms with Crippen LogP contribution < -0.4 is 5.73 Å². The zero-order chi connectivity index (χ0) is 12.3. The highest BCUT2D eigenvalue weighted by Crippen LogP contribution is 2.25. The lowest BCUT2D eigenvalue weighted by atomic mass is 10.1. The average molecular weight is 298 g/mol. The van der Waals surface area contributed by atoms with Crippen LogP contribution in [0.1, 0.15) is 24.8 Å². The molecule has 1 saturated carbocycles. The van der Waals surface area contributed by atoms with E-state index in [4.69, 9.17) is 10.5 Å². The van der Waals surface area contributed by atoms with Crippen molar-refractivity contribution in [2.75, 3.05) is 0 Å². The van der Waals surface area contributed by atoms with Crippen LogP contribution in [-0.2, 0) is 16.1 Å². The van der Waals surface area contributed by atoms with E-state index < -0.39 is 0 Å². The van der Waals surface area contributed by atoms with Gasteiger partial charge in [-0.25, -0.2) is 0 Å². The molecule has 1 aliphatic carbocycles. The highest BCUT2D eigenvalue weighted by atomic mass is 79.9. The SMILES string of the molecule is NC1CCCC1C(=O)OCc1cccc(Br)c1. The van der Waals surface area contributed by atoms with E-state index >= 15 is 0 Å². The van der Waals surface area contributed by atoms with E-state index in [1.165, 1.54) is 0 Å². The third-order valence-corrected chi connectivity index (χ3v) is 3.64. The molecule has 1 aromatic carbocycles. The number of benzene rings is 1. The highest BCUT2D eigenvalue weighted by molar-refractivity contribution is 9.10. The van der Waals surface area contributed by atoms with Crippen LogP contribution in [-0.4, -0.2) is 12.0 Å². The van der Waals surface area contributed by atoms with Crippen molar-refractivity contribution in [3.05, 3.63) is 34.3 Å². The Morgan fingerprint density at radius 3 is 2.94 bits per heavy atom. The molecule has 2 N–H and O–H groups in total. The van der Waals surface area contributed by atoms with Gasteiger partial charge in [-0.3, -0.25) is 4.79 Å². The van der Waals surface area contributed by atoms with Crippen LogP contribution >= 0.6 is 15.9 Å². The van der Waals surface area contributed by atoms with Crippen molar-refractivity contribution in [3.8, 4) is 0 Å². The van der Waals surface area contributed by atoms with Crippen LogP contribution in [0.4, 0.5) is 0 Å². The molecule has 1 aliphatic rings. The van der Waals surface area contributed by atoms with Crippen molar-refractivity contribution < 1.29 is 9.53 Å². The van der Waals surface area contributed by atoms with Crippen LogP contribution in [0.25, 0.3) is 0 Å². The molecular formula is C13H16BrNO2. The van der Waals surface area contributed by atoms with E-state index in [9.17, 15) is 4.79 Å². The zero-order valence-electron chi connectivity index (χ0n) is 9.56. The minimum absolute atomic E-state index is 0.0231. The molecule has 2 atom stereocenters. The number of hydrogen-bond donors (Lipinski definition) is 1. The Labute approximate surface area is 109 Å². The highest BCUT2D eigenvalue weighted by Gasteiger charge is 2.31. The van der Waals surface area contributed by atoms with Crippen LogP contribution in [0.3, 0.4) is 0 Å². The third-order valence-electron chi connectivity index (χ3n) is 3.14. The molecule has 17 heavy (non-hydrogen) atoms. The minimum Gasteiger partial charge on any atom is -0.461 e. The van der Waals surface area contributed by atoms with Gasteiger partial charge in [0.25, 0.3) is 0 Å². The lowest BCUT2D eigenvalue weighted by Crippen LogP contribution is -2.31. The Morgan fingerprint density at radius 2 is 2.29 bits per heavy atom. The van der Waals surface area contributed by atoms with E-state index in [1.807, 2.05) is 24.3 Å². The number of ether oxygens (including phenoxy) is 1. The molecule has 0 bridgehead atoms. The Bertz CT molecular complexity index is 408. The summed E-state index contributed by atoms with van der Waals surface area (Å²) < 4.78 is 6.29. The molecule has 0 aliphatic heterocycles. The maximum atomic E-state index is 11.8. The second-order valence-corrected chi connectivity index (χ2v) is 5.35. The fraction of sp³-hybridized carbons (Fsp3) is 0.462.